The maximum Gasteiger partial charge on any atom is 0.227 e. The van der Waals surface area contributed by atoms with E-state index in [2.05, 4.69) is 5.32 Å². The lowest BCUT2D eigenvalue weighted by Crippen LogP contribution is -2.34. The summed E-state index contributed by atoms with van der Waals surface area (Å²) in [6.45, 7) is 4.33. The molecule has 0 radical (unpaired) electrons. The minimum absolute atomic E-state index is 0.000564. The third-order valence-electron chi connectivity index (χ3n) is 3.94. The zero-order chi connectivity index (χ0) is 15.7. The van der Waals surface area contributed by atoms with Gasteiger partial charge in [-0.15, -0.1) is 0 Å². The van der Waals surface area contributed by atoms with E-state index in [4.69, 9.17) is 4.74 Å². The molecular formula is C17H22N2O3. The van der Waals surface area contributed by atoms with Gasteiger partial charge >= 0.3 is 0 Å². The van der Waals surface area contributed by atoms with E-state index in [1.54, 1.807) is 4.90 Å². The molecular weight excluding hydrogens is 280 g/mol. The summed E-state index contributed by atoms with van der Waals surface area (Å²) in [5.41, 5.74) is 0.753. The first-order chi connectivity index (χ1) is 10.5. The number of anilines is 1. The first-order valence-corrected chi connectivity index (χ1v) is 7.91. The summed E-state index contributed by atoms with van der Waals surface area (Å²) in [7, 11) is 0. The van der Waals surface area contributed by atoms with Crippen LogP contribution in [0.1, 0.15) is 33.1 Å². The van der Waals surface area contributed by atoms with Gasteiger partial charge in [0.25, 0.3) is 0 Å². The van der Waals surface area contributed by atoms with Crippen LogP contribution in [0.5, 0.6) is 5.75 Å². The van der Waals surface area contributed by atoms with E-state index >= 15 is 0 Å². The van der Waals surface area contributed by atoms with Crippen LogP contribution in [0.3, 0.4) is 0 Å². The van der Waals surface area contributed by atoms with E-state index in [0.717, 1.165) is 18.5 Å². The number of benzene rings is 1. The fraction of sp³-hybridized carbons (Fsp3) is 0.529. The Morgan fingerprint density at radius 1 is 1.32 bits per heavy atom. The Morgan fingerprint density at radius 3 is 2.73 bits per heavy atom. The van der Waals surface area contributed by atoms with Crippen molar-refractivity contribution in [2.24, 2.45) is 5.92 Å². The van der Waals surface area contributed by atoms with Gasteiger partial charge in [-0.05, 0) is 38.8 Å². The second-order valence-electron chi connectivity index (χ2n) is 6.32. The Morgan fingerprint density at radius 2 is 2.05 bits per heavy atom. The van der Waals surface area contributed by atoms with Gasteiger partial charge in [-0.3, -0.25) is 9.59 Å². The monoisotopic (exact) mass is 302 g/mol. The van der Waals surface area contributed by atoms with Crippen molar-refractivity contribution in [2.75, 3.05) is 11.4 Å². The molecule has 2 amide bonds. The molecule has 1 unspecified atom stereocenters. The van der Waals surface area contributed by atoms with Crippen LogP contribution in [0.15, 0.2) is 24.3 Å². The van der Waals surface area contributed by atoms with E-state index in [1.807, 2.05) is 38.1 Å². The van der Waals surface area contributed by atoms with Crippen LogP contribution in [-0.2, 0) is 9.59 Å². The van der Waals surface area contributed by atoms with Crippen LogP contribution in [0.4, 0.5) is 5.69 Å². The van der Waals surface area contributed by atoms with Gasteiger partial charge in [-0.25, -0.2) is 0 Å². The minimum atomic E-state index is -0.264. The second kappa shape index (κ2) is 5.99. The van der Waals surface area contributed by atoms with E-state index in [9.17, 15) is 9.59 Å². The van der Waals surface area contributed by atoms with Crippen LogP contribution in [0, 0.1) is 5.92 Å². The molecule has 1 aromatic rings. The van der Waals surface area contributed by atoms with Crippen molar-refractivity contribution >= 4 is 17.5 Å². The molecule has 2 fully saturated rings. The largest absolute Gasteiger partial charge is 0.489 e. The molecule has 1 aliphatic heterocycles. The number of hydrogen-bond donors (Lipinski definition) is 1. The van der Waals surface area contributed by atoms with Crippen molar-refractivity contribution in [3.8, 4) is 5.75 Å². The molecule has 3 rings (SSSR count). The molecule has 5 heteroatoms. The molecule has 1 heterocycles. The predicted molar refractivity (Wildman–Crippen MR) is 83.8 cm³/mol. The summed E-state index contributed by atoms with van der Waals surface area (Å²) in [6, 6.07) is 7.83. The van der Waals surface area contributed by atoms with Gasteiger partial charge in [0.05, 0.1) is 17.7 Å². The Bertz CT molecular complexity index is 581. The fourth-order valence-corrected chi connectivity index (χ4v) is 2.70. The molecule has 1 aliphatic carbocycles. The molecule has 0 spiro atoms. The molecule has 1 saturated carbocycles. The van der Waals surface area contributed by atoms with Gasteiger partial charge < -0.3 is 15.0 Å². The standard InChI is InChI=1S/C17H22N2O3/c1-11(2)22-15-6-4-3-5-14(15)19-10-12(9-16(19)20)17(21)18-13-7-8-13/h3-6,11-13H,7-10H2,1-2H3,(H,18,21). The van der Waals surface area contributed by atoms with E-state index in [-0.39, 0.29) is 30.3 Å². The quantitative estimate of drug-likeness (QED) is 0.906. The zero-order valence-corrected chi connectivity index (χ0v) is 13.0. The maximum absolute atomic E-state index is 12.3. The molecule has 1 saturated heterocycles. The zero-order valence-electron chi connectivity index (χ0n) is 13.0. The molecule has 0 aromatic heterocycles. The smallest absolute Gasteiger partial charge is 0.227 e. The fourth-order valence-electron chi connectivity index (χ4n) is 2.70. The molecule has 2 aliphatic rings. The highest BCUT2D eigenvalue weighted by Crippen LogP contribution is 2.34. The SMILES string of the molecule is CC(C)Oc1ccccc1N1CC(C(=O)NC2CC2)CC1=O. The summed E-state index contributed by atoms with van der Waals surface area (Å²) < 4.78 is 5.78. The number of ether oxygens (including phenoxy) is 1. The summed E-state index contributed by atoms with van der Waals surface area (Å²) in [5, 5.41) is 2.99. The van der Waals surface area contributed by atoms with Crippen LogP contribution >= 0.6 is 0 Å². The Kier molecular flexibility index (Phi) is 4.05. The average molecular weight is 302 g/mol. The summed E-state index contributed by atoms with van der Waals surface area (Å²) in [4.78, 5) is 26.2. The Labute approximate surface area is 130 Å². The molecule has 0 bridgehead atoms. The van der Waals surface area contributed by atoms with Crippen LogP contribution in [0.2, 0.25) is 0 Å². The van der Waals surface area contributed by atoms with Crippen molar-refractivity contribution in [3.63, 3.8) is 0 Å². The first-order valence-electron chi connectivity index (χ1n) is 7.91. The van der Waals surface area contributed by atoms with Gasteiger partial charge in [0.15, 0.2) is 0 Å². The third-order valence-corrected chi connectivity index (χ3v) is 3.94. The molecule has 5 nitrogen and oxygen atoms in total. The van der Waals surface area contributed by atoms with Gasteiger partial charge in [0.2, 0.25) is 11.8 Å². The molecule has 118 valence electrons. The van der Waals surface area contributed by atoms with Crippen LogP contribution in [0.25, 0.3) is 0 Å². The van der Waals surface area contributed by atoms with E-state index < -0.39 is 0 Å². The number of nitrogens with zero attached hydrogens (tertiary/aromatic N) is 1. The van der Waals surface area contributed by atoms with Gasteiger partial charge in [0.1, 0.15) is 5.75 Å². The molecule has 1 atom stereocenters. The van der Waals surface area contributed by atoms with Crippen molar-refractivity contribution in [2.45, 2.75) is 45.3 Å². The summed E-state index contributed by atoms with van der Waals surface area (Å²) in [5.74, 6) is 0.408. The van der Waals surface area contributed by atoms with Crippen molar-refractivity contribution in [1.29, 1.82) is 0 Å². The Hall–Kier alpha value is -2.04. The number of hydrogen-bond acceptors (Lipinski definition) is 3. The van der Waals surface area contributed by atoms with E-state index in [1.165, 1.54) is 0 Å². The lowest BCUT2D eigenvalue weighted by atomic mass is 10.1. The van der Waals surface area contributed by atoms with Gasteiger partial charge in [-0.1, -0.05) is 12.1 Å². The third kappa shape index (κ3) is 3.24. The average Bonchev–Trinajstić information content (AvgIpc) is 3.19. The normalized spacial score (nSPS) is 21.3. The number of carbonyl (C=O) groups excluding carboxylic acids is 2. The first kappa shape index (κ1) is 14.9. The van der Waals surface area contributed by atoms with E-state index in [0.29, 0.717) is 18.3 Å². The highest BCUT2D eigenvalue weighted by atomic mass is 16.5. The second-order valence-corrected chi connectivity index (χ2v) is 6.32. The summed E-state index contributed by atoms with van der Waals surface area (Å²) in [6.07, 6.45) is 2.42. The summed E-state index contributed by atoms with van der Waals surface area (Å²) >= 11 is 0. The highest BCUT2D eigenvalue weighted by molar-refractivity contribution is 6.01. The lowest BCUT2D eigenvalue weighted by Gasteiger charge is -2.21. The molecule has 22 heavy (non-hydrogen) atoms. The minimum Gasteiger partial charge on any atom is -0.489 e. The lowest BCUT2D eigenvalue weighted by molar-refractivity contribution is -0.126. The maximum atomic E-state index is 12.3. The number of para-hydroxylation sites is 2. The number of carbonyl (C=O) groups is 2. The number of nitrogens with one attached hydrogen (secondary N) is 1. The topological polar surface area (TPSA) is 58.6 Å². The Balaban J connectivity index is 1.74. The van der Waals surface area contributed by atoms with Crippen molar-refractivity contribution in [1.82, 2.24) is 5.32 Å². The molecule has 1 aromatic carbocycles. The van der Waals surface area contributed by atoms with Gasteiger partial charge in [-0.2, -0.15) is 0 Å². The molecule has 1 N–H and O–H groups in total. The predicted octanol–water partition coefficient (Wildman–Crippen LogP) is 2.11. The van der Waals surface area contributed by atoms with Crippen molar-refractivity contribution in [3.05, 3.63) is 24.3 Å². The highest BCUT2D eigenvalue weighted by Gasteiger charge is 2.37. The van der Waals surface area contributed by atoms with Gasteiger partial charge in [0, 0.05) is 19.0 Å². The number of amides is 2. The number of rotatable bonds is 5. The van der Waals surface area contributed by atoms with Crippen LogP contribution in [-0.4, -0.2) is 30.5 Å². The van der Waals surface area contributed by atoms with Crippen molar-refractivity contribution < 1.29 is 14.3 Å². The van der Waals surface area contributed by atoms with Crippen LogP contribution < -0.4 is 15.0 Å².